The summed E-state index contributed by atoms with van der Waals surface area (Å²) in [5.74, 6) is 0.941. The van der Waals surface area contributed by atoms with Crippen molar-refractivity contribution in [2.24, 2.45) is 5.73 Å². The number of hydrogen-bond donors (Lipinski definition) is 1. The first-order chi connectivity index (χ1) is 8.17. The van der Waals surface area contributed by atoms with Gasteiger partial charge in [0.2, 0.25) is 0 Å². The predicted octanol–water partition coefficient (Wildman–Crippen LogP) is 1.91. The van der Waals surface area contributed by atoms with Gasteiger partial charge in [-0.15, -0.1) is 0 Å². The van der Waals surface area contributed by atoms with Gasteiger partial charge in [0.25, 0.3) is 0 Å². The Kier molecular flexibility index (Phi) is 6.01. The van der Waals surface area contributed by atoms with Crippen LogP contribution in [0.3, 0.4) is 0 Å². The second-order valence-corrected chi connectivity index (χ2v) is 4.49. The summed E-state index contributed by atoms with van der Waals surface area (Å²) in [4.78, 5) is 2.14. The fraction of sp³-hybridized carbons (Fsp3) is 0.571. The smallest absolute Gasteiger partial charge is 0.119 e. The number of benzene rings is 1. The van der Waals surface area contributed by atoms with Crippen LogP contribution in [0.5, 0.6) is 5.75 Å². The molecule has 0 aliphatic rings. The third-order valence-corrected chi connectivity index (χ3v) is 3.05. The quantitative estimate of drug-likeness (QED) is 0.786. The topological polar surface area (TPSA) is 38.5 Å². The highest BCUT2D eigenvalue weighted by Gasteiger charge is 2.08. The van der Waals surface area contributed by atoms with E-state index in [1.54, 1.807) is 0 Å². The molecule has 0 saturated carbocycles. The Morgan fingerprint density at radius 3 is 2.35 bits per heavy atom. The van der Waals surface area contributed by atoms with Gasteiger partial charge in [-0.2, -0.15) is 0 Å². The zero-order valence-electron chi connectivity index (χ0n) is 11.1. The van der Waals surface area contributed by atoms with Crippen LogP contribution in [0.1, 0.15) is 18.9 Å². The van der Waals surface area contributed by atoms with Gasteiger partial charge in [0.1, 0.15) is 5.75 Å². The first kappa shape index (κ1) is 14.0. The van der Waals surface area contributed by atoms with Gasteiger partial charge in [0.15, 0.2) is 0 Å². The van der Waals surface area contributed by atoms with Gasteiger partial charge in [-0.25, -0.2) is 0 Å². The molecule has 0 radical (unpaired) electrons. The van der Waals surface area contributed by atoms with E-state index in [4.69, 9.17) is 10.5 Å². The monoisotopic (exact) mass is 236 g/mol. The number of likely N-dealkylation sites (N-methyl/N-ethyl adjacent to an activating group) is 1. The van der Waals surface area contributed by atoms with E-state index in [1.807, 2.05) is 26.2 Å². The van der Waals surface area contributed by atoms with Crippen LogP contribution in [0.2, 0.25) is 0 Å². The van der Waals surface area contributed by atoms with Crippen molar-refractivity contribution in [2.45, 2.75) is 25.8 Å². The molecule has 0 amide bonds. The van der Waals surface area contributed by atoms with Gasteiger partial charge in [-0.05, 0) is 44.6 Å². The molecule has 0 fully saturated rings. The number of ether oxygens (including phenoxy) is 1. The van der Waals surface area contributed by atoms with Crippen LogP contribution in [-0.2, 0) is 6.42 Å². The minimum Gasteiger partial charge on any atom is -0.494 e. The maximum absolute atomic E-state index is 5.71. The molecule has 1 rings (SSSR count). The lowest BCUT2D eigenvalue weighted by atomic mass is 10.2. The predicted molar refractivity (Wildman–Crippen MR) is 72.5 cm³/mol. The Morgan fingerprint density at radius 2 is 1.88 bits per heavy atom. The fourth-order valence-electron chi connectivity index (χ4n) is 1.72. The minimum atomic E-state index is 0.393. The molecule has 2 N–H and O–H groups in total. The Balaban J connectivity index is 2.34. The summed E-state index contributed by atoms with van der Waals surface area (Å²) in [6.07, 6.45) is 2.02. The van der Waals surface area contributed by atoms with E-state index >= 15 is 0 Å². The van der Waals surface area contributed by atoms with E-state index in [9.17, 15) is 0 Å². The van der Waals surface area contributed by atoms with Crippen LogP contribution in [0.4, 0.5) is 0 Å². The van der Waals surface area contributed by atoms with E-state index in [-0.39, 0.29) is 0 Å². The molecule has 1 aromatic rings. The van der Waals surface area contributed by atoms with Crippen molar-refractivity contribution in [1.82, 2.24) is 4.90 Å². The number of rotatable bonds is 7. The van der Waals surface area contributed by atoms with Crippen molar-refractivity contribution >= 4 is 0 Å². The highest BCUT2D eigenvalue weighted by Crippen LogP contribution is 2.13. The molecule has 1 aromatic carbocycles. The van der Waals surface area contributed by atoms with Crippen LogP contribution in [0.25, 0.3) is 0 Å². The third kappa shape index (κ3) is 4.75. The lowest BCUT2D eigenvalue weighted by Gasteiger charge is -2.22. The lowest BCUT2D eigenvalue weighted by molar-refractivity contribution is 0.225. The number of nitrogens with two attached hydrogens (primary N) is 1. The van der Waals surface area contributed by atoms with Crippen LogP contribution in [0, 0.1) is 0 Å². The molecule has 17 heavy (non-hydrogen) atoms. The molecule has 0 aliphatic heterocycles. The minimum absolute atomic E-state index is 0.393. The highest BCUT2D eigenvalue weighted by atomic mass is 16.5. The van der Waals surface area contributed by atoms with Gasteiger partial charge in [-0.1, -0.05) is 19.1 Å². The highest BCUT2D eigenvalue weighted by molar-refractivity contribution is 5.27. The molecule has 3 nitrogen and oxygen atoms in total. The summed E-state index contributed by atoms with van der Waals surface area (Å²) in [6, 6.07) is 8.69. The molecule has 0 saturated heterocycles. The largest absolute Gasteiger partial charge is 0.494 e. The van der Waals surface area contributed by atoms with Gasteiger partial charge < -0.3 is 15.4 Å². The molecule has 0 heterocycles. The molecule has 0 bridgehead atoms. The molecule has 0 spiro atoms. The van der Waals surface area contributed by atoms with Crippen LogP contribution in [-0.4, -0.2) is 38.2 Å². The molecule has 1 unspecified atom stereocenters. The molecule has 0 aliphatic carbocycles. The van der Waals surface area contributed by atoms with E-state index in [1.165, 1.54) is 5.56 Å². The number of hydrogen-bond acceptors (Lipinski definition) is 3. The van der Waals surface area contributed by atoms with E-state index in [2.05, 4.69) is 24.0 Å². The molecule has 3 heteroatoms. The standard InChI is InChI=1S/C14H24N2O/c1-4-12-5-7-14(8-6-12)17-10-9-13(11-15)16(2)3/h5-8,13H,4,9-11,15H2,1-3H3. The Labute approximate surface area is 105 Å². The average Bonchev–Trinajstić information content (AvgIpc) is 2.35. The third-order valence-electron chi connectivity index (χ3n) is 3.05. The van der Waals surface area contributed by atoms with Gasteiger partial charge in [0, 0.05) is 12.6 Å². The first-order valence-electron chi connectivity index (χ1n) is 6.25. The lowest BCUT2D eigenvalue weighted by Crippen LogP contribution is -2.36. The van der Waals surface area contributed by atoms with Gasteiger partial charge >= 0.3 is 0 Å². The second kappa shape index (κ2) is 7.30. The Morgan fingerprint density at radius 1 is 1.24 bits per heavy atom. The second-order valence-electron chi connectivity index (χ2n) is 4.49. The van der Waals surface area contributed by atoms with Crippen molar-refractivity contribution in [3.63, 3.8) is 0 Å². The van der Waals surface area contributed by atoms with Crippen molar-refractivity contribution in [2.75, 3.05) is 27.2 Å². The van der Waals surface area contributed by atoms with E-state index < -0.39 is 0 Å². The summed E-state index contributed by atoms with van der Waals surface area (Å²) in [6.45, 7) is 3.54. The van der Waals surface area contributed by atoms with Crippen LogP contribution in [0.15, 0.2) is 24.3 Å². The molecule has 1 atom stereocenters. The normalized spacial score (nSPS) is 12.8. The summed E-state index contributed by atoms with van der Waals surface area (Å²) in [5.41, 5.74) is 7.03. The van der Waals surface area contributed by atoms with E-state index in [0.29, 0.717) is 19.2 Å². The maximum atomic E-state index is 5.71. The van der Waals surface area contributed by atoms with Gasteiger partial charge in [0.05, 0.1) is 6.61 Å². The van der Waals surface area contributed by atoms with E-state index in [0.717, 1.165) is 18.6 Å². The Bertz CT molecular complexity index is 309. The number of aryl methyl sites for hydroxylation is 1. The van der Waals surface area contributed by atoms with Crippen molar-refractivity contribution < 1.29 is 4.74 Å². The molecule has 0 aromatic heterocycles. The zero-order chi connectivity index (χ0) is 12.7. The van der Waals surface area contributed by atoms with Crippen LogP contribution >= 0.6 is 0 Å². The molecule has 96 valence electrons. The fourth-order valence-corrected chi connectivity index (χ4v) is 1.72. The summed E-state index contributed by atoms with van der Waals surface area (Å²) in [7, 11) is 4.10. The summed E-state index contributed by atoms with van der Waals surface area (Å²) < 4.78 is 5.71. The maximum Gasteiger partial charge on any atom is 0.119 e. The zero-order valence-corrected chi connectivity index (χ0v) is 11.1. The SMILES string of the molecule is CCc1ccc(OCCC(CN)N(C)C)cc1. The molecular weight excluding hydrogens is 212 g/mol. The van der Waals surface area contributed by atoms with Crippen LogP contribution < -0.4 is 10.5 Å². The summed E-state index contributed by atoms with van der Waals surface area (Å²) in [5, 5.41) is 0. The average molecular weight is 236 g/mol. The Hall–Kier alpha value is -1.06. The van der Waals surface area contributed by atoms with Gasteiger partial charge in [-0.3, -0.25) is 0 Å². The summed E-state index contributed by atoms with van der Waals surface area (Å²) >= 11 is 0. The van der Waals surface area contributed by atoms with Crippen molar-refractivity contribution in [3.05, 3.63) is 29.8 Å². The van der Waals surface area contributed by atoms with Crippen molar-refractivity contribution in [1.29, 1.82) is 0 Å². The first-order valence-corrected chi connectivity index (χ1v) is 6.25. The number of nitrogens with zero attached hydrogens (tertiary/aromatic N) is 1. The molecular formula is C14H24N2O. The van der Waals surface area contributed by atoms with Crippen molar-refractivity contribution in [3.8, 4) is 5.75 Å².